The molecule has 0 aromatic heterocycles. The molecule has 104 valence electrons. The number of nitrogens with one attached hydrogen (secondary N) is 1. The van der Waals surface area contributed by atoms with Gasteiger partial charge in [-0.3, -0.25) is 4.79 Å². The highest BCUT2D eigenvalue weighted by atomic mass is 16.1. The molecule has 1 aliphatic rings. The molecule has 1 amide bonds. The number of hydrogen-bond donors (Lipinski definition) is 1. The first kappa shape index (κ1) is 14.2. The van der Waals surface area contributed by atoms with Crippen LogP contribution in [0.5, 0.6) is 0 Å². The van der Waals surface area contributed by atoms with E-state index >= 15 is 0 Å². The predicted octanol–water partition coefficient (Wildman–Crippen LogP) is 4.25. The Morgan fingerprint density at radius 1 is 1.40 bits per heavy atom. The van der Waals surface area contributed by atoms with Crippen molar-refractivity contribution >= 4 is 11.6 Å². The first-order chi connectivity index (χ1) is 9.79. The Hall–Kier alpha value is -2.26. The van der Waals surface area contributed by atoms with Crippen molar-refractivity contribution in [3.05, 3.63) is 51.9 Å². The first-order valence-corrected chi connectivity index (χ1v) is 6.91. The molecular formula is C15H18N4O. The number of allylic oxidation sites excluding steroid dienone is 1. The Morgan fingerprint density at radius 2 is 2.30 bits per heavy atom. The molecule has 20 heavy (non-hydrogen) atoms. The van der Waals surface area contributed by atoms with Gasteiger partial charge in [-0.25, -0.2) is 0 Å². The number of carbonyl (C=O) groups excluding carboxylic acids is 1. The van der Waals surface area contributed by atoms with Gasteiger partial charge in [0.05, 0.1) is 0 Å². The standard InChI is InChI=1S/C15H18N4O/c16-19-18-14-8-4-7-13(11-14)15(20)17-10-9-12-5-2-1-3-6-12/h4-5,7-8,11H,1-3,6,9-10H2,(H,17,20). The minimum Gasteiger partial charge on any atom is -0.352 e. The van der Waals surface area contributed by atoms with E-state index in [2.05, 4.69) is 21.4 Å². The van der Waals surface area contributed by atoms with Crippen molar-refractivity contribution in [3.63, 3.8) is 0 Å². The minimum atomic E-state index is -0.128. The highest BCUT2D eigenvalue weighted by Crippen LogP contribution is 2.19. The molecule has 0 fully saturated rings. The quantitative estimate of drug-likeness (QED) is 0.369. The summed E-state index contributed by atoms with van der Waals surface area (Å²) in [5, 5.41) is 6.40. The Morgan fingerprint density at radius 3 is 3.05 bits per heavy atom. The number of amides is 1. The van der Waals surface area contributed by atoms with E-state index in [9.17, 15) is 4.79 Å². The van der Waals surface area contributed by atoms with Gasteiger partial charge in [0.1, 0.15) is 0 Å². The fourth-order valence-corrected chi connectivity index (χ4v) is 2.33. The molecule has 0 saturated carbocycles. The van der Waals surface area contributed by atoms with Crippen LogP contribution < -0.4 is 5.32 Å². The summed E-state index contributed by atoms with van der Waals surface area (Å²) in [6, 6.07) is 6.69. The van der Waals surface area contributed by atoms with Gasteiger partial charge < -0.3 is 5.32 Å². The number of hydrogen-bond acceptors (Lipinski definition) is 2. The fraction of sp³-hybridized carbons (Fsp3) is 0.400. The van der Waals surface area contributed by atoms with Crippen molar-refractivity contribution < 1.29 is 4.79 Å². The molecule has 5 heteroatoms. The van der Waals surface area contributed by atoms with Crippen molar-refractivity contribution in [3.8, 4) is 0 Å². The summed E-state index contributed by atoms with van der Waals surface area (Å²) >= 11 is 0. The van der Waals surface area contributed by atoms with Crippen molar-refractivity contribution in [2.45, 2.75) is 32.1 Å². The lowest BCUT2D eigenvalue weighted by molar-refractivity contribution is 0.0954. The average Bonchev–Trinajstić information content (AvgIpc) is 2.49. The zero-order valence-corrected chi connectivity index (χ0v) is 11.4. The summed E-state index contributed by atoms with van der Waals surface area (Å²) in [5.41, 5.74) is 10.8. The molecule has 0 spiro atoms. The van der Waals surface area contributed by atoms with Crippen LogP contribution in [0.1, 0.15) is 42.5 Å². The van der Waals surface area contributed by atoms with Crippen LogP contribution in [0, 0.1) is 0 Å². The van der Waals surface area contributed by atoms with Gasteiger partial charge in [-0.05, 0) is 49.8 Å². The first-order valence-electron chi connectivity index (χ1n) is 6.91. The molecule has 1 aromatic carbocycles. The van der Waals surface area contributed by atoms with Crippen LogP contribution in [0.25, 0.3) is 10.4 Å². The molecular weight excluding hydrogens is 252 g/mol. The summed E-state index contributed by atoms with van der Waals surface area (Å²) in [7, 11) is 0. The van der Waals surface area contributed by atoms with E-state index in [1.165, 1.54) is 18.4 Å². The molecule has 0 radical (unpaired) electrons. The normalized spacial score (nSPS) is 14.1. The molecule has 1 N–H and O–H groups in total. The third-order valence-electron chi connectivity index (χ3n) is 3.39. The fourth-order valence-electron chi connectivity index (χ4n) is 2.33. The molecule has 0 heterocycles. The third kappa shape index (κ3) is 4.14. The average molecular weight is 270 g/mol. The molecule has 2 rings (SSSR count). The Labute approximate surface area is 118 Å². The Kier molecular flexibility index (Phi) is 5.21. The van der Waals surface area contributed by atoms with Crippen molar-refractivity contribution in [1.82, 2.24) is 5.32 Å². The molecule has 5 nitrogen and oxygen atoms in total. The summed E-state index contributed by atoms with van der Waals surface area (Å²) in [6.07, 6.45) is 8.06. The SMILES string of the molecule is [N-]=[N+]=Nc1cccc(C(=O)NCCC2=CCCCC2)c1. The second-order valence-corrected chi connectivity index (χ2v) is 4.85. The number of rotatable bonds is 5. The van der Waals surface area contributed by atoms with Gasteiger partial charge in [0, 0.05) is 22.7 Å². The van der Waals surface area contributed by atoms with Gasteiger partial charge in [-0.1, -0.05) is 28.9 Å². The number of benzene rings is 1. The zero-order valence-electron chi connectivity index (χ0n) is 11.4. The van der Waals surface area contributed by atoms with E-state index in [-0.39, 0.29) is 5.91 Å². The van der Waals surface area contributed by atoms with Gasteiger partial charge in [0.2, 0.25) is 0 Å². The highest BCUT2D eigenvalue weighted by Gasteiger charge is 2.07. The zero-order chi connectivity index (χ0) is 14.2. The van der Waals surface area contributed by atoms with Gasteiger partial charge in [0.15, 0.2) is 0 Å². The second-order valence-electron chi connectivity index (χ2n) is 4.85. The third-order valence-corrected chi connectivity index (χ3v) is 3.39. The topological polar surface area (TPSA) is 77.9 Å². The van der Waals surface area contributed by atoms with Crippen LogP contribution in [0.4, 0.5) is 5.69 Å². The van der Waals surface area contributed by atoms with E-state index < -0.39 is 0 Å². The van der Waals surface area contributed by atoms with Crippen LogP contribution in [-0.4, -0.2) is 12.5 Å². The van der Waals surface area contributed by atoms with Gasteiger partial charge in [0.25, 0.3) is 5.91 Å². The second kappa shape index (κ2) is 7.36. The summed E-state index contributed by atoms with van der Waals surface area (Å²) in [6.45, 7) is 0.649. The number of nitrogens with zero attached hydrogens (tertiary/aromatic N) is 3. The van der Waals surface area contributed by atoms with Crippen LogP contribution in [0.15, 0.2) is 41.0 Å². The van der Waals surface area contributed by atoms with Crippen LogP contribution in [-0.2, 0) is 0 Å². The van der Waals surface area contributed by atoms with Crippen LogP contribution in [0.2, 0.25) is 0 Å². The number of carbonyl (C=O) groups is 1. The lowest BCUT2D eigenvalue weighted by Crippen LogP contribution is -2.24. The summed E-state index contributed by atoms with van der Waals surface area (Å²) in [5.74, 6) is -0.128. The molecule has 0 aliphatic heterocycles. The van der Waals surface area contributed by atoms with Crippen molar-refractivity contribution in [2.75, 3.05) is 6.54 Å². The monoisotopic (exact) mass is 270 g/mol. The van der Waals surface area contributed by atoms with Crippen LogP contribution >= 0.6 is 0 Å². The van der Waals surface area contributed by atoms with E-state index in [1.807, 2.05) is 0 Å². The summed E-state index contributed by atoms with van der Waals surface area (Å²) in [4.78, 5) is 14.7. The molecule has 0 bridgehead atoms. The van der Waals surface area contributed by atoms with Crippen molar-refractivity contribution in [2.24, 2.45) is 5.11 Å². The van der Waals surface area contributed by atoms with Crippen molar-refractivity contribution in [1.29, 1.82) is 0 Å². The van der Waals surface area contributed by atoms with Gasteiger partial charge in [-0.2, -0.15) is 0 Å². The Bertz CT molecular complexity index is 559. The molecule has 1 aromatic rings. The predicted molar refractivity (Wildman–Crippen MR) is 78.7 cm³/mol. The maximum atomic E-state index is 12.0. The summed E-state index contributed by atoms with van der Waals surface area (Å²) < 4.78 is 0. The van der Waals surface area contributed by atoms with Crippen LogP contribution in [0.3, 0.4) is 0 Å². The van der Waals surface area contributed by atoms with E-state index in [1.54, 1.807) is 24.3 Å². The smallest absolute Gasteiger partial charge is 0.251 e. The van der Waals surface area contributed by atoms with Gasteiger partial charge >= 0.3 is 0 Å². The lowest BCUT2D eigenvalue weighted by Gasteiger charge is -2.13. The molecule has 0 unspecified atom stereocenters. The highest BCUT2D eigenvalue weighted by molar-refractivity contribution is 5.94. The minimum absolute atomic E-state index is 0.128. The molecule has 0 saturated heterocycles. The van der Waals surface area contributed by atoms with E-state index in [0.717, 1.165) is 19.3 Å². The molecule has 1 aliphatic carbocycles. The Balaban J connectivity index is 1.86. The largest absolute Gasteiger partial charge is 0.352 e. The maximum Gasteiger partial charge on any atom is 0.251 e. The maximum absolute atomic E-state index is 12.0. The van der Waals surface area contributed by atoms with E-state index in [0.29, 0.717) is 17.8 Å². The number of azide groups is 1. The van der Waals surface area contributed by atoms with Gasteiger partial charge in [-0.15, -0.1) is 0 Å². The lowest BCUT2D eigenvalue weighted by atomic mass is 9.97. The van der Waals surface area contributed by atoms with E-state index in [4.69, 9.17) is 5.53 Å². The molecule has 0 atom stereocenters.